The molecule has 1 aliphatic rings. The zero-order valence-electron chi connectivity index (χ0n) is 16.6. The number of imidazole rings is 1. The quantitative estimate of drug-likeness (QED) is 0.675. The van der Waals surface area contributed by atoms with Crippen molar-refractivity contribution in [3.63, 3.8) is 0 Å². The number of anilines is 1. The summed E-state index contributed by atoms with van der Waals surface area (Å²) in [6.07, 6.45) is 1.85. The van der Waals surface area contributed by atoms with Gasteiger partial charge in [0, 0.05) is 37.9 Å². The summed E-state index contributed by atoms with van der Waals surface area (Å²) in [5.41, 5.74) is 2.52. The second kappa shape index (κ2) is 7.19. The zero-order valence-corrected chi connectivity index (χ0v) is 16.6. The Morgan fingerprint density at radius 1 is 0.964 bits per heavy atom. The molecule has 0 aliphatic carbocycles. The first-order chi connectivity index (χ1) is 13.4. The number of carbonyl (C=O) groups is 1. The third-order valence-corrected chi connectivity index (χ3v) is 4.80. The van der Waals surface area contributed by atoms with Crippen LogP contribution in [0.1, 0.15) is 20.8 Å². The number of hydrogen-bond donors (Lipinski definition) is 0. The van der Waals surface area contributed by atoms with Gasteiger partial charge in [-0.05, 0) is 32.9 Å². The summed E-state index contributed by atoms with van der Waals surface area (Å²) in [6, 6.07) is 16.4. The molecule has 0 saturated carbocycles. The molecule has 0 radical (unpaired) electrons. The van der Waals surface area contributed by atoms with Crippen LogP contribution in [-0.2, 0) is 4.74 Å². The Kier molecular flexibility index (Phi) is 4.71. The Balaban J connectivity index is 1.53. The molecule has 3 heterocycles. The van der Waals surface area contributed by atoms with Gasteiger partial charge in [0.25, 0.3) is 0 Å². The van der Waals surface area contributed by atoms with E-state index >= 15 is 0 Å². The van der Waals surface area contributed by atoms with Crippen molar-refractivity contribution in [3.8, 4) is 11.3 Å². The Labute approximate surface area is 165 Å². The normalized spacial score (nSPS) is 15.1. The van der Waals surface area contributed by atoms with Gasteiger partial charge in [-0.15, -0.1) is 0 Å². The first-order valence-corrected chi connectivity index (χ1v) is 9.67. The van der Waals surface area contributed by atoms with Crippen LogP contribution < -0.4 is 4.90 Å². The van der Waals surface area contributed by atoms with Crippen molar-refractivity contribution in [3.05, 3.63) is 54.7 Å². The van der Waals surface area contributed by atoms with Gasteiger partial charge in [0.15, 0.2) is 0 Å². The van der Waals surface area contributed by atoms with Crippen molar-refractivity contribution in [1.82, 2.24) is 14.3 Å². The molecule has 0 bridgehead atoms. The van der Waals surface area contributed by atoms with Crippen molar-refractivity contribution in [1.29, 1.82) is 0 Å². The van der Waals surface area contributed by atoms with Crippen molar-refractivity contribution >= 4 is 17.6 Å². The number of amides is 1. The molecule has 2 aromatic heterocycles. The lowest BCUT2D eigenvalue weighted by molar-refractivity contribution is 0.0240. The maximum atomic E-state index is 12.3. The number of carbonyl (C=O) groups excluding carboxylic acids is 1. The van der Waals surface area contributed by atoms with Gasteiger partial charge in [0.2, 0.25) is 0 Å². The Hall–Kier alpha value is -3.02. The van der Waals surface area contributed by atoms with E-state index in [1.165, 1.54) is 0 Å². The van der Waals surface area contributed by atoms with E-state index in [0.717, 1.165) is 35.8 Å². The minimum absolute atomic E-state index is 0.237. The van der Waals surface area contributed by atoms with Gasteiger partial charge in [0.1, 0.15) is 17.1 Å². The van der Waals surface area contributed by atoms with E-state index in [1.54, 1.807) is 4.90 Å². The van der Waals surface area contributed by atoms with Crippen LogP contribution in [0.3, 0.4) is 0 Å². The fourth-order valence-electron chi connectivity index (χ4n) is 3.45. The predicted octanol–water partition coefficient (Wildman–Crippen LogP) is 4.06. The largest absolute Gasteiger partial charge is 0.444 e. The molecule has 1 aliphatic heterocycles. The predicted molar refractivity (Wildman–Crippen MR) is 111 cm³/mol. The lowest BCUT2D eigenvalue weighted by Gasteiger charge is -2.36. The van der Waals surface area contributed by atoms with Crippen molar-refractivity contribution in [2.75, 3.05) is 31.1 Å². The van der Waals surface area contributed by atoms with E-state index in [2.05, 4.69) is 33.7 Å². The summed E-state index contributed by atoms with van der Waals surface area (Å²) < 4.78 is 7.62. The molecular weight excluding hydrogens is 352 g/mol. The van der Waals surface area contributed by atoms with Crippen LogP contribution in [0.5, 0.6) is 0 Å². The lowest BCUT2D eigenvalue weighted by Crippen LogP contribution is -2.50. The van der Waals surface area contributed by atoms with Gasteiger partial charge in [0.05, 0.1) is 5.69 Å². The molecule has 0 atom stereocenters. The fraction of sp³-hybridized carbons (Fsp3) is 0.364. The molecule has 1 aromatic carbocycles. The van der Waals surface area contributed by atoms with Gasteiger partial charge in [-0.1, -0.05) is 36.4 Å². The summed E-state index contributed by atoms with van der Waals surface area (Å²) >= 11 is 0. The van der Waals surface area contributed by atoms with Crippen LogP contribution in [0.2, 0.25) is 0 Å². The number of hydrogen-bond acceptors (Lipinski definition) is 4. The van der Waals surface area contributed by atoms with Crippen molar-refractivity contribution in [2.45, 2.75) is 26.4 Å². The Bertz CT molecular complexity index is 967. The number of nitrogens with zero attached hydrogens (tertiary/aromatic N) is 4. The van der Waals surface area contributed by atoms with E-state index < -0.39 is 5.60 Å². The number of aromatic nitrogens is 2. The minimum Gasteiger partial charge on any atom is -0.444 e. The second-order valence-electron chi connectivity index (χ2n) is 8.06. The minimum atomic E-state index is -0.468. The van der Waals surface area contributed by atoms with Crippen molar-refractivity contribution < 1.29 is 9.53 Å². The Morgan fingerprint density at radius 2 is 1.68 bits per heavy atom. The number of pyridine rings is 1. The number of benzene rings is 1. The van der Waals surface area contributed by atoms with E-state index in [9.17, 15) is 4.79 Å². The average Bonchev–Trinajstić information content (AvgIpc) is 3.12. The number of ether oxygens (including phenoxy) is 1. The molecule has 0 spiro atoms. The SMILES string of the molecule is CC(C)(C)OC(=O)N1CCN(c2cccc3nc(-c4ccccc4)cn23)CC1. The highest BCUT2D eigenvalue weighted by Crippen LogP contribution is 2.24. The topological polar surface area (TPSA) is 50.1 Å². The highest BCUT2D eigenvalue weighted by Gasteiger charge is 2.26. The number of fused-ring (bicyclic) bond motifs is 1. The van der Waals surface area contributed by atoms with Gasteiger partial charge in [-0.25, -0.2) is 9.78 Å². The summed E-state index contributed by atoms with van der Waals surface area (Å²) in [5.74, 6) is 1.09. The first kappa shape index (κ1) is 18.3. The van der Waals surface area contributed by atoms with Crippen molar-refractivity contribution in [2.24, 2.45) is 0 Å². The molecule has 6 nitrogen and oxygen atoms in total. The fourth-order valence-corrected chi connectivity index (χ4v) is 3.45. The standard InChI is InChI=1S/C22H26N4O2/c1-22(2,3)28-21(27)25-14-12-24(13-15-25)20-11-7-10-19-23-18(16-26(19)20)17-8-5-4-6-9-17/h4-11,16H,12-15H2,1-3H3. The second-order valence-corrected chi connectivity index (χ2v) is 8.06. The molecule has 0 N–H and O–H groups in total. The molecule has 0 unspecified atom stereocenters. The maximum Gasteiger partial charge on any atom is 0.410 e. The Morgan fingerprint density at radius 3 is 2.36 bits per heavy atom. The lowest BCUT2D eigenvalue weighted by atomic mass is 10.2. The maximum absolute atomic E-state index is 12.3. The van der Waals surface area contributed by atoms with Crippen LogP contribution >= 0.6 is 0 Å². The zero-order chi connectivity index (χ0) is 19.7. The van der Waals surface area contributed by atoms with Crippen LogP contribution in [0, 0.1) is 0 Å². The third-order valence-electron chi connectivity index (χ3n) is 4.80. The molecule has 146 valence electrons. The van der Waals surface area contributed by atoms with Crippen LogP contribution in [0.15, 0.2) is 54.7 Å². The van der Waals surface area contributed by atoms with Crippen LogP contribution in [0.25, 0.3) is 16.9 Å². The monoisotopic (exact) mass is 378 g/mol. The van der Waals surface area contributed by atoms with Crippen LogP contribution in [0.4, 0.5) is 10.6 Å². The van der Waals surface area contributed by atoms with E-state index in [4.69, 9.17) is 9.72 Å². The highest BCUT2D eigenvalue weighted by atomic mass is 16.6. The summed E-state index contributed by atoms with van der Waals surface area (Å²) in [6.45, 7) is 8.49. The highest BCUT2D eigenvalue weighted by molar-refractivity contribution is 5.69. The third kappa shape index (κ3) is 3.81. The average molecular weight is 378 g/mol. The van der Waals surface area contributed by atoms with E-state index in [1.807, 2.05) is 51.1 Å². The van der Waals surface area contributed by atoms with Crippen LogP contribution in [-0.4, -0.2) is 52.2 Å². The molecule has 1 fully saturated rings. The van der Waals surface area contributed by atoms with Gasteiger partial charge in [-0.2, -0.15) is 0 Å². The first-order valence-electron chi connectivity index (χ1n) is 9.67. The van der Waals surface area contributed by atoms with Gasteiger partial charge >= 0.3 is 6.09 Å². The molecule has 3 aromatic rings. The summed E-state index contributed by atoms with van der Waals surface area (Å²) in [5, 5.41) is 0. The molecule has 1 saturated heterocycles. The molecule has 4 rings (SSSR count). The van der Waals surface area contributed by atoms with Gasteiger partial charge < -0.3 is 14.5 Å². The molecule has 6 heteroatoms. The molecule has 1 amide bonds. The molecule has 28 heavy (non-hydrogen) atoms. The molecular formula is C22H26N4O2. The number of piperazine rings is 1. The van der Waals surface area contributed by atoms with E-state index in [0.29, 0.717) is 13.1 Å². The summed E-state index contributed by atoms with van der Waals surface area (Å²) in [4.78, 5) is 21.2. The summed E-state index contributed by atoms with van der Waals surface area (Å²) in [7, 11) is 0. The van der Waals surface area contributed by atoms with Gasteiger partial charge in [-0.3, -0.25) is 4.40 Å². The smallest absolute Gasteiger partial charge is 0.410 e. The van der Waals surface area contributed by atoms with E-state index in [-0.39, 0.29) is 6.09 Å². The number of rotatable bonds is 2.